The average molecular weight is 265 g/mol. The molecular formula is C17H19N3. The van der Waals surface area contributed by atoms with Gasteiger partial charge in [0.1, 0.15) is 5.84 Å². The summed E-state index contributed by atoms with van der Waals surface area (Å²) in [5.74, 6) is 0.135. The van der Waals surface area contributed by atoms with Gasteiger partial charge in [-0.3, -0.25) is 10.3 Å². The summed E-state index contributed by atoms with van der Waals surface area (Å²) in [5, 5.41) is 7.51. The molecule has 0 spiro atoms. The van der Waals surface area contributed by atoms with Crippen molar-refractivity contribution in [2.24, 2.45) is 5.73 Å². The number of nitrogen functional groups attached to an aromatic ring is 1. The monoisotopic (exact) mass is 265 g/mol. The minimum atomic E-state index is 0.135. The fourth-order valence-electron chi connectivity index (χ4n) is 2.78. The fourth-order valence-corrected chi connectivity index (χ4v) is 2.78. The van der Waals surface area contributed by atoms with Crippen molar-refractivity contribution < 1.29 is 0 Å². The van der Waals surface area contributed by atoms with Crippen LogP contribution in [0, 0.1) is 5.41 Å². The van der Waals surface area contributed by atoms with Gasteiger partial charge in [0, 0.05) is 25.2 Å². The first-order chi connectivity index (χ1) is 9.72. The standard InChI is InChI=1S/C17H19N3/c18-17(19)15-7-3-4-13(10-15)11-20-9-8-14-5-1-2-6-16(14)12-20/h1-7,10H,8-9,11-12H2,(H3,18,19). The zero-order valence-electron chi connectivity index (χ0n) is 11.5. The molecular weight excluding hydrogens is 246 g/mol. The molecule has 0 atom stereocenters. The van der Waals surface area contributed by atoms with E-state index < -0.39 is 0 Å². The lowest BCUT2D eigenvalue weighted by atomic mass is 9.99. The van der Waals surface area contributed by atoms with E-state index in [2.05, 4.69) is 35.2 Å². The van der Waals surface area contributed by atoms with Gasteiger partial charge < -0.3 is 5.73 Å². The van der Waals surface area contributed by atoms with E-state index in [0.717, 1.165) is 31.6 Å². The molecule has 0 radical (unpaired) electrons. The second-order valence-corrected chi connectivity index (χ2v) is 5.34. The van der Waals surface area contributed by atoms with E-state index in [-0.39, 0.29) is 5.84 Å². The predicted octanol–water partition coefficient (Wildman–Crippen LogP) is 2.53. The number of nitrogens with zero attached hydrogens (tertiary/aromatic N) is 1. The Kier molecular flexibility index (Phi) is 3.52. The van der Waals surface area contributed by atoms with E-state index in [0.29, 0.717) is 0 Å². The number of hydrogen-bond donors (Lipinski definition) is 2. The third kappa shape index (κ3) is 2.73. The molecule has 0 unspecified atom stereocenters. The molecule has 1 heterocycles. The summed E-state index contributed by atoms with van der Waals surface area (Å²) in [6.07, 6.45) is 1.11. The number of benzene rings is 2. The second-order valence-electron chi connectivity index (χ2n) is 5.34. The summed E-state index contributed by atoms with van der Waals surface area (Å²) in [5.41, 5.74) is 10.5. The Labute approximate surface area is 119 Å². The van der Waals surface area contributed by atoms with E-state index in [1.165, 1.54) is 16.7 Å². The summed E-state index contributed by atoms with van der Waals surface area (Å²) in [6, 6.07) is 16.6. The molecule has 3 nitrogen and oxygen atoms in total. The molecule has 0 bridgehead atoms. The Morgan fingerprint density at radius 3 is 2.70 bits per heavy atom. The van der Waals surface area contributed by atoms with Gasteiger partial charge in [0.2, 0.25) is 0 Å². The van der Waals surface area contributed by atoms with E-state index in [4.69, 9.17) is 11.1 Å². The second kappa shape index (κ2) is 5.47. The summed E-state index contributed by atoms with van der Waals surface area (Å²) in [7, 11) is 0. The molecule has 0 aliphatic carbocycles. The minimum Gasteiger partial charge on any atom is -0.384 e. The number of amidine groups is 1. The lowest BCUT2D eigenvalue weighted by molar-refractivity contribution is 0.245. The molecule has 0 saturated carbocycles. The van der Waals surface area contributed by atoms with Crippen molar-refractivity contribution in [3.8, 4) is 0 Å². The van der Waals surface area contributed by atoms with Crippen LogP contribution >= 0.6 is 0 Å². The third-order valence-electron chi connectivity index (χ3n) is 3.85. The molecule has 1 aliphatic heterocycles. The van der Waals surface area contributed by atoms with Gasteiger partial charge in [-0.05, 0) is 29.2 Å². The highest BCUT2D eigenvalue weighted by molar-refractivity contribution is 5.95. The van der Waals surface area contributed by atoms with Gasteiger partial charge in [0.25, 0.3) is 0 Å². The van der Waals surface area contributed by atoms with Crippen LogP contribution in [0.4, 0.5) is 0 Å². The molecule has 1 aliphatic rings. The highest BCUT2D eigenvalue weighted by atomic mass is 15.1. The van der Waals surface area contributed by atoms with Crippen molar-refractivity contribution in [1.82, 2.24) is 4.90 Å². The van der Waals surface area contributed by atoms with Crippen molar-refractivity contribution >= 4 is 5.84 Å². The maximum Gasteiger partial charge on any atom is 0.122 e. The Balaban J connectivity index is 1.73. The van der Waals surface area contributed by atoms with Crippen LogP contribution < -0.4 is 5.73 Å². The quantitative estimate of drug-likeness (QED) is 0.662. The number of nitrogens with one attached hydrogen (secondary N) is 1. The molecule has 0 aromatic heterocycles. The van der Waals surface area contributed by atoms with Crippen molar-refractivity contribution in [1.29, 1.82) is 5.41 Å². The van der Waals surface area contributed by atoms with Crippen LogP contribution in [0.1, 0.15) is 22.3 Å². The van der Waals surface area contributed by atoms with Gasteiger partial charge in [0.15, 0.2) is 0 Å². The molecule has 2 aromatic rings. The van der Waals surface area contributed by atoms with Crippen molar-refractivity contribution in [2.75, 3.05) is 6.54 Å². The van der Waals surface area contributed by atoms with Crippen LogP contribution in [-0.4, -0.2) is 17.3 Å². The molecule has 2 aromatic carbocycles. The van der Waals surface area contributed by atoms with Crippen molar-refractivity contribution in [3.63, 3.8) is 0 Å². The van der Waals surface area contributed by atoms with Crippen LogP contribution in [-0.2, 0) is 19.5 Å². The predicted molar refractivity (Wildman–Crippen MR) is 81.7 cm³/mol. The fraction of sp³-hybridized carbons (Fsp3) is 0.235. The molecule has 0 amide bonds. The van der Waals surface area contributed by atoms with Gasteiger partial charge in [0.05, 0.1) is 0 Å². The van der Waals surface area contributed by atoms with Crippen molar-refractivity contribution in [3.05, 3.63) is 70.8 Å². The Hall–Kier alpha value is -2.13. The summed E-state index contributed by atoms with van der Waals surface area (Å²) < 4.78 is 0. The van der Waals surface area contributed by atoms with E-state index in [1.54, 1.807) is 0 Å². The zero-order chi connectivity index (χ0) is 13.9. The zero-order valence-corrected chi connectivity index (χ0v) is 11.5. The van der Waals surface area contributed by atoms with Crippen LogP contribution in [0.5, 0.6) is 0 Å². The van der Waals surface area contributed by atoms with E-state index >= 15 is 0 Å². The van der Waals surface area contributed by atoms with Gasteiger partial charge >= 0.3 is 0 Å². The minimum absolute atomic E-state index is 0.135. The Morgan fingerprint density at radius 1 is 1.10 bits per heavy atom. The summed E-state index contributed by atoms with van der Waals surface area (Å²) >= 11 is 0. The lowest BCUT2D eigenvalue weighted by Gasteiger charge is -2.28. The molecule has 0 fully saturated rings. The topological polar surface area (TPSA) is 53.1 Å². The Bertz CT molecular complexity index is 634. The molecule has 20 heavy (non-hydrogen) atoms. The van der Waals surface area contributed by atoms with Crippen LogP contribution in [0.2, 0.25) is 0 Å². The van der Waals surface area contributed by atoms with Gasteiger partial charge in [-0.1, -0.05) is 42.5 Å². The maximum absolute atomic E-state index is 7.51. The van der Waals surface area contributed by atoms with E-state index in [1.807, 2.05) is 18.2 Å². The summed E-state index contributed by atoms with van der Waals surface area (Å²) in [4.78, 5) is 2.45. The first-order valence-electron chi connectivity index (χ1n) is 6.95. The lowest BCUT2D eigenvalue weighted by Crippen LogP contribution is -2.30. The summed E-state index contributed by atoms with van der Waals surface area (Å²) in [6.45, 7) is 3.00. The SMILES string of the molecule is N=C(N)c1cccc(CN2CCc3ccccc3C2)c1. The first kappa shape index (κ1) is 12.9. The smallest absolute Gasteiger partial charge is 0.122 e. The maximum atomic E-state index is 7.51. The van der Waals surface area contributed by atoms with Crippen molar-refractivity contribution in [2.45, 2.75) is 19.5 Å². The van der Waals surface area contributed by atoms with Crippen LogP contribution in [0.3, 0.4) is 0 Å². The van der Waals surface area contributed by atoms with Gasteiger partial charge in [-0.2, -0.15) is 0 Å². The number of fused-ring (bicyclic) bond motifs is 1. The largest absolute Gasteiger partial charge is 0.384 e. The third-order valence-corrected chi connectivity index (χ3v) is 3.85. The number of rotatable bonds is 3. The average Bonchev–Trinajstić information content (AvgIpc) is 2.47. The molecule has 102 valence electrons. The highest BCUT2D eigenvalue weighted by Gasteiger charge is 2.15. The number of hydrogen-bond acceptors (Lipinski definition) is 2. The van der Waals surface area contributed by atoms with Gasteiger partial charge in [-0.15, -0.1) is 0 Å². The van der Waals surface area contributed by atoms with Crippen LogP contribution in [0.15, 0.2) is 48.5 Å². The molecule has 3 heteroatoms. The number of nitrogens with two attached hydrogens (primary N) is 1. The van der Waals surface area contributed by atoms with E-state index in [9.17, 15) is 0 Å². The van der Waals surface area contributed by atoms with Gasteiger partial charge in [-0.25, -0.2) is 0 Å². The van der Waals surface area contributed by atoms with Crippen LogP contribution in [0.25, 0.3) is 0 Å². The highest BCUT2D eigenvalue weighted by Crippen LogP contribution is 2.20. The Morgan fingerprint density at radius 2 is 1.90 bits per heavy atom. The first-order valence-corrected chi connectivity index (χ1v) is 6.95. The normalized spacial score (nSPS) is 14.8. The molecule has 3 N–H and O–H groups in total. The molecule has 3 rings (SSSR count). The molecule has 0 saturated heterocycles.